The molecule has 2 amide bonds. The Morgan fingerprint density at radius 1 is 1.00 bits per heavy atom. The number of ether oxygens (including phenoxy) is 1. The number of carbonyl (C=O) groups excluding carboxylic acids is 2. The second-order valence-electron chi connectivity index (χ2n) is 9.14. The largest absolute Gasteiger partial charge is 0.481 e. The highest BCUT2D eigenvalue weighted by Gasteiger charge is 2.46. The number of aliphatic carboxylic acids is 1. The minimum Gasteiger partial charge on any atom is -0.481 e. The smallest absolute Gasteiger partial charge is 0.407 e. The van der Waals surface area contributed by atoms with Gasteiger partial charge in [0.15, 0.2) is 0 Å². The van der Waals surface area contributed by atoms with Crippen LogP contribution in [0.5, 0.6) is 0 Å². The van der Waals surface area contributed by atoms with Gasteiger partial charge in [-0.15, -0.1) is 11.3 Å². The molecule has 1 atom stereocenters. The number of rotatable bonds is 9. The Hall–Kier alpha value is -3.65. The molecule has 8 heteroatoms. The van der Waals surface area contributed by atoms with Crippen LogP contribution in [0.2, 0.25) is 0 Å². The maximum absolute atomic E-state index is 12.7. The first-order chi connectivity index (χ1) is 16.9. The van der Waals surface area contributed by atoms with Crippen molar-refractivity contribution < 1.29 is 24.2 Å². The van der Waals surface area contributed by atoms with Crippen molar-refractivity contribution in [1.29, 1.82) is 0 Å². The van der Waals surface area contributed by atoms with Gasteiger partial charge < -0.3 is 20.5 Å². The van der Waals surface area contributed by atoms with Crippen molar-refractivity contribution in [2.75, 3.05) is 6.61 Å². The molecule has 3 aromatic rings. The summed E-state index contributed by atoms with van der Waals surface area (Å²) in [6.45, 7) is 0.210. The number of benzene rings is 2. The molecule has 0 spiro atoms. The maximum atomic E-state index is 12.7. The molecule has 1 heterocycles. The molecule has 0 aliphatic heterocycles. The van der Waals surface area contributed by atoms with Gasteiger partial charge in [-0.25, -0.2) is 4.79 Å². The van der Waals surface area contributed by atoms with E-state index in [4.69, 9.17) is 4.74 Å². The van der Waals surface area contributed by atoms with Crippen LogP contribution < -0.4 is 10.6 Å². The molecule has 1 fully saturated rings. The number of nitrogens with one attached hydrogen (secondary N) is 2. The quantitative estimate of drug-likeness (QED) is 0.398. The number of carboxylic acid groups (broad SMARTS) is 1. The molecule has 0 radical (unpaired) electrons. The van der Waals surface area contributed by atoms with E-state index in [0.717, 1.165) is 27.1 Å². The summed E-state index contributed by atoms with van der Waals surface area (Å²) < 4.78 is 5.63. The normalized spacial score (nSPS) is 16.0. The molecule has 0 bridgehead atoms. The van der Waals surface area contributed by atoms with E-state index in [9.17, 15) is 19.5 Å². The highest BCUT2D eigenvalue weighted by molar-refractivity contribution is 7.10. The van der Waals surface area contributed by atoms with Crippen LogP contribution in [0.4, 0.5) is 4.79 Å². The molecule has 1 unspecified atom stereocenters. The molecule has 5 rings (SSSR count). The van der Waals surface area contributed by atoms with Crippen molar-refractivity contribution in [3.63, 3.8) is 0 Å². The van der Waals surface area contributed by atoms with Gasteiger partial charge in [0.1, 0.15) is 6.61 Å². The van der Waals surface area contributed by atoms with Gasteiger partial charge in [-0.05, 0) is 46.5 Å². The Morgan fingerprint density at radius 2 is 1.66 bits per heavy atom. The minimum absolute atomic E-state index is 0.0332. The lowest BCUT2D eigenvalue weighted by molar-refractivity contribution is -0.137. The number of thiophene rings is 1. The Balaban J connectivity index is 1.18. The van der Waals surface area contributed by atoms with Crippen LogP contribution in [0.1, 0.15) is 53.6 Å². The lowest BCUT2D eigenvalue weighted by atomic mass is 9.98. The van der Waals surface area contributed by atoms with Crippen molar-refractivity contribution in [2.24, 2.45) is 0 Å². The van der Waals surface area contributed by atoms with Gasteiger partial charge in [-0.2, -0.15) is 0 Å². The van der Waals surface area contributed by atoms with Crippen LogP contribution in [0.3, 0.4) is 0 Å². The summed E-state index contributed by atoms with van der Waals surface area (Å²) in [7, 11) is 0. The van der Waals surface area contributed by atoms with E-state index < -0.39 is 23.6 Å². The average Bonchev–Trinajstić information content (AvgIpc) is 3.24. The number of hydrogen-bond donors (Lipinski definition) is 3. The molecule has 7 nitrogen and oxygen atoms in total. The van der Waals surface area contributed by atoms with Crippen LogP contribution >= 0.6 is 11.3 Å². The van der Waals surface area contributed by atoms with Gasteiger partial charge in [0, 0.05) is 17.2 Å². The highest BCUT2D eigenvalue weighted by atomic mass is 32.1. The Kier molecular flexibility index (Phi) is 6.30. The fourth-order valence-electron chi connectivity index (χ4n) is 4.79. The third kappa shape index (κ3) is 5.07. The summed E-state index contributed by atoms with van der Waals surface area (Å²) in [4.78, 5) is 37.4. The summed E-state index contributed by atoms with van der Waals surface area (Å²) in [5.41, 5.74) is 3.96. The van der Waals surface area contributed by atoms with E-state index >= 15 is 0 Å². The molecule has 3 N–H and O–H groups in total. The maximum Gasteiger partial charge on any atom is 0.407 e. The third-order valence-corrected chi connectivity index (χ3v) is 7.65. The van der Waals surface area contributed by atoms with Crippen molar-refractivity contribution in [3.05, 3.63) is 82.0 Å². The first kappa shape index (κ1) is 23.1. The van der Waals surface area contributed by atoms with Gasteiger partial charge >= 0.3 is 12.1 Å². The summed E-state index contributed by atoms with van der Waals surface area (Å²) in [6, 6.07) is 19.3. The van der Waals surface area contributed by atoms with E-state index in [0.29, 0.717) is 12.8 Å². The Morgan fingerprint density at radius 3 is 2.23 bits per heavy atom. The van der Waals surface area contributed by atoms with Crippen molar-refractivity contribution >= 4 is 29.3 Å². The summed E-state index contributed by atoms with van der Waals surface area (Å²) >= 11 is 1.40. The van der Waals surface area contributed by atoms with Crippen molar-refractivity contribution in [3.8, 4) is 11.1 Å². The van der Waals surface area contributed by atoms with Crippen LogP contribution in [-0.2, 0) is 14.3 Å². The number of alkyl carbamates (subject to hydrolysis) is 1. The fraction of sp³-hybridized carbons (Fsp3) is 0.296. The predicted molar refractivity (Wildman–Crippen MR) is 132 cm³/mol. The number of amides is 2. The summed E-state index contributed by atoms with van der Waals surface area (Å²) in [5.74, 6) is -1.31. The SMILES string of the molecule is O=C(O)CC(NC(=O)CC1(NC(=O)OCC2c3ccccc3-c3ccccc32)CC1)c1cccs1. The Labute approximate surface area is 207 Å². The van der Waals surface area contributed by atoms with E-state index in [-0.39, 0.29) is 31.3 Å². The fourth-order valence-corrected chi connectivity index (χ4v) is 5.57. The van der Waals surface area contributed by atoms with Gasteiger partial charge in [-0.1, -0.05) is 54.6 Å². The number of carboxylic acids is 1. The van der Waals surface area contributed by atoms with E-state index in [1.807, 2.05) is 35.7 Å². The molecular weight excluding hydrogens is 464 g/mol. The van der Waals surface area contributed by atoms with Crippen molar-refractivity contribution in [2.45, 2.75) is 43.2 Å². The van der Waals surface area contributed by atoms with Gasteiger partial charge in [0.25, 0.3) is 0 Å². The summed E-state index contributed by atoms with van der Waals surface area (Å²) in [6.07, 6.45) is 0.690. The minimum atomic E-state index is -0.985. The second kappa shape index (κ2) is 9.54. The van der Waals surface area contributed by atoms with Gasteiger partial charge in [0.05, 0.1) is 18.0 Å². The van der Waals surface area contributed by atoms with Gasteiger partial charge in [-0.3, -0.25) is 9.59 Å². The molecule has 0 saturated heterocycles. The third-order valence-electron chi connectivity index (χ3n) is 6.66. The molecule has 180 valence electrons. The predicted octanol–water partition coefficient (Wildman–Crippen LogP) is 4.84. The average molecular weight is 491 g/mol. The molecule has 1 saturated carbocycles. The topological polar surface area (TPSA) is 105 Å². The number of hydrogen-bond acceptors (Lipinski definition) is 5. The summed E-state index contributed by atoms with van der Waals surface area (Å²) in [5, 5.41) is 16.8. The highest BCUT2D eigenvalue weighted by Crippen LogP contribution is 2.44. The molecule has 2 aliphatic rings. The molecule has 35 heavy (non-hydrogen) atoms. The number of carbonyl (C=O) groups is 3. The lowest BCUT2D eigenvalue weighted by Crippen LogP contribution is -2.42. The molecule has 1 aromatic heterocycles. The van der Waals surface area contributed by atoms with Gasteiger partial charge in [0.2, 0.25) is 5.91 Å². The first-order valence-corrected chi connectivity index (χ1v) is 12.5. The van der Waals surface area contributed by atoms with Crippen LogP contribution in [0.25, 0.3) is 11.1 Å². The standard InChI is InChI=1S/C27H26N2O5S/c30-24(28-22(14-25(31)32)23-10-5-13-35-23)15-27(11-12-27)29-26(33)34-16-21-19-8-3-1-6-17(19)18-7-2-4-9-20(18)21/h1-10,13,21-22H,11-12,14-16H2,(H,28,30)(H,29,33)(H,31,32). The Bertz CT molecular complexity index is 1210. The zero-order valence-corrected chi connectivity index (χ0v) is 19.8. The first-order valence-electron chi connectivity index (χ1n) is 11.6. The zero-order chi connectivity index (χ0) is 24.4. The van der Waals surface area contributed by atoms with E-state index in [1.54, 1.807) is 6.07 Å². The van der Waals surface area contributed by atoms with Crippen LogP contribution in [0, 0.1) is 0 Å². The zero-order valence-electron chi connectivity index (χ0n) is 19.0. The van der Waals surface area contributed by atoms with E-state index in [1.165, 1.54) is 11.3 Å². The van der Waals surface area contributed by atoms with E-state index in [2.05, 4.69) is 34.9 Å². The van der Waals surface area contributed by atoms with Crippen LogP contribution in [0.15, 0.2) is 66.0 Å². The van der Waals surface area contributed by atoms with Crippen LogP contribution in [-0.4, -0.2) is 35.2 Å². The number of fused-ring (bicyclic) bond motifs is 3. The molecular formula is C27H26N2O5S. The second-order valence-corrected chi connectivity index (χ2v) is 10.1. The molecule has 2 aliphatic carbocycles. The molecule has 2 aromatic carbocycles. The van der Waals surface area contributed by atoms with Crippen molar-refractivity contribution in [1.82, 2.24) is 10.6 Å². The lowest BCUT2D eigenvalue weighted by Gasteiger charge is -2.21. The monoisotopic (exact) mass is 490 g/mol.